The summed E-state index contributed by atoms with van der Waals surface area (Å²) in [6.07, 6.45) is 3.23. The van der Waals surface area contributed by atoms with Gasteiger partial charge in [0.15, 0.2) is 0 Å². The monoisotopic (exact) mass is 331 g/mol. The molecule has 1 saturated carbocycles. The summed E-state index contributed by atoms with van der Waals surface area (Å²) >= 11 is 0. The first kappa shape index (κ1) is 15.4. The number of hydrogen-bond donors (Lipinski definition) is 1. The Morgan fingerprint density at radius 3 is 2.33 bits per heavy atom. The number of fused-ring (bicyclic) bond motifs is 2. The topological polar surface area (TPSA) is 52.7 Å². The summed E-state index contributed by atoms with van der Waals surface area (Å²) in [5.74, 6) is 0.112. The third-order valence-corrected chi connectivity index (χ3v) is 5.13. The van der Waals surface area contributed by atoms with Crippen LogP contribution in [0.1, 0.15) is 29.6 Å². The van der Waals surface area contributed by atoms with Crippen molar-refractivity contribution in [1.82, 2.24) is 15.1 Å². The van der Waals surface area contributed by atoms with Crippen molar-refractivity contribution >= 4 is 11.9 Å². The third kappa shape index (κ3) is 3.23. The van der Waals surface area contributed by atoms with Crippen LogP contribution in [0.5, 0.6) is 0 Å². The summed E-state index contributed by atoms with van der Waals surface area (Å²) in [5.41, 5.74) is 0.401. The molecule has 6 heteroatoms. The summed E-state index contributed by atoms with van der Waals surface area (Å²) in [7, 11) is 0. The number of benzene rings is 1. The molecule has 1 aromatic rings. The van der Waals surface area contributed by atoms with Gasteiger partial charge in [-0.25, -0.2) is 9.18 Å². The SMILES string of the molecule is O=C(NC1CC1)N1C[C@H]2C[C@@H](C1)CN(C(=O)c1cccc(F)c1)C2. The second-order valence-corrected chi connectivity index (χ2v) is 7.32. The van der Waals surface area contributed by atoms with Gasteiger partial charge < -0.3 is 15.1 Å². The normalized spacial score (nSPS) is 26.2. The molecule has 3 amide bonds. The second-order valence-electron chi connectivity index (χ2n) is 7.32. The van der Waals surface area contributed by atoms with Crippen LogP contribution >= 0.6 is 0 Å². The number of halogens is 1. The largest absolute Gasteiger partial charge is 0.338 e. The molecule has 5 nitrogen and oxygen atoms in total. The Hall–Kier alpha value is -2.11. The first-order valence-electron chi connectivity index (χ1n) is 8.69. The highest BCUT2D eigenvalue weighted by Crippen LogP contribution is 2.30. The maximum absolute atomic E-state index is 13.4. The highest BCUT2D eigenvalue weighted by Gasteiger charge is 2.38. The van der Waals surface area contributed by atoms with Gasteiger partial charge in [0.2, 0.25) is 0 Å². The number of carbonyl (C=O) groups is 2. The Labute approximate surface area is 140 Å². The predicted octanol–water partition coefficient (Wildman–Crippen LogP) is 2.09. The van der Waals surface area contributed by atoms with Crippen LogP contribution in [0.15, 0.2) is 24.3 Å². The van der Waals surface area contributed by atoms with Crippen LogP contribution in [0.4, 0.5) is 9.18 Å². The predicted molar refractivity (Wildman–Crippen MR) is 87.0 cm³/mol. The number of nitrogens with zero attached hydrogens (tertiary/aromatic N) is 2. The molecule has 0 aromatic heterocycles. The van der Waals surface area contributed by atoms with E-state index in [1.165, 1.54) is 12.1 Å². The van der Waals surface area contributed by atoms with E-state index in [0.717, 1.165) is 19.3 Å². The van der Waals surface area contributed by atoms with E-state index in [9.17, 15) is 14.0 Å². The molecule has 2 aliphatic heterocycles. The Morgan fingerprint density at radius 2 is 1.71 bits per heavy atom. The molecule has 2 bridgehead atoms. The van der Waals surface area contributed by atoms with Crippen LogP contribution in [0.25, 0.3) is 0 Å². The minimum Gasteiger partial charge on any atom is -0.338 e. The van der Waals surface area contributed by atoms with Gasteiger partial charge in [0.1, 0.15) is 5.82 Å². The van der Waals surface area contributed by atoms with Crippen LogP contribution in [-0.4, -0.2) is 54.0 Å². The third-order valence-electron chi connectivity index (χ3n) is 5.13. The fourth-order valence-electron chi connectivity index (χ4n) is 3.91. The van der Waals surface area contributed by atoms with Gasteiger partial charge in [-0.3, -0.25) is 4.79 Å². The maximum atomic E-state index is 13.4. The molecule has 24 heavy (non-hydrogen) atoms. The van der Waals surface area contributed by atoms with Crippen LogP contribution < -0.4 is 5.32 Å². The van der Waals surface area contributed by atoms with Gasteiger partial charge in [0.25, 0.3) is 5.91 Å². The van der Waals surface area contributed by atoms with Crippen molar-refractivity contribution < 1.29 is 14.0 Å². The van der Waals surface area contributed by atoms with E-state index >= 15 is 0 Å². The van der Waals surface area contributed by atoms with Gasteiger partial charge in [0, 0.05) is 37.8 Å². The summed E-state index contributed by atoms with van der Waals surface area (Å²) in [6.45, 7) is 2.67. The van der Waals surface area contributed by atoms with Gasteiger partial charge in [-0.1, -0.05) is 6.07 Å². The van der Waals surface area contributed by atoms with E-state index in [2.05, 4.69) is 5.32 Å². The molecule has 3 aliphatic rings. The van der Waals surface area contributed by atoms with Crippen molar-refractivity contribution in [2.24, 2.45) is 11.8 Å². The molecule has 1 aliphatic carbocycles. The molecule has 0 unspecified atom stereocenters. The molecule has 1 aromatic carbocycles. The lowest BCUT2D eigenvalue weighted by Gasteiger charge is -2.45. The Bertz CT molecular complexity index is 647. The van der Waals surface area contributed by atoms with Gasteiger partial charge in [-0.15, -0.1) is 0 Å². The van der Waals surface area contributed by atoms with Crippen molar-refractivity contribution in [2.75, 3.05) is 26.2 Å². The van der Waals surface area contributed by atoms with Gasteiger partial charge in [0.05, 0.1) is 0 Å². The Morgan fingerprint density at radius 1 is 1.04 bits per heavy atom. The van der Waals surface area contributed by atoms with Crippen LogP contribution in [-0.2, 0) is 0 Å². The second kappa shape index (κ2) is 6.07. The fraction of sp³-hybridized carbons (Fsp3) is 0.556. The number of piperidine rings is 2. The first-order valence-corrected chi connectivity index (χ1v) is 8.69. The van der Waals surface area contributed by atoms with E-state index in [1.54, 1.807) is 12.1 Å². The quantitative estimate of drug-likeness (QED) is 0.902. The van der Waals surface area contributed by atoms with Crippen molar-refractivity contribution in [3.63, 3.8) is 0 Å². The molecule has 0 spiro atoms. The van der Waals surface area contributed by atoms with Crippen LogP contribution in [0.2, 0.25) is 0 Å². The molecule has 3 fully saturated rings. The highest BCUT2D eigenvalue weighted by molar-refractivity contribution is 5.94. The highest BCUT2D eigenvalue weighted by atomic mass is 19.1. The van der Waals surface area contributed by atoms with E-state index in [-0.39, 0.29) is 17.8 Å². The molecular weight excluding hydrogens is 309 g/mol. The number of hydrogen-bond acceptors (Lipinski definition) is 2. The molecule has 128 valence electrons. The number of amides is 3. The summed E-state index contributed by atoms with van der Waals surface area (Å²) in [6, 6.07) is 6.27. The molecule has 2 saturated heterocycles. The maximum Gasteiger partial charge on any atom is 0.317 e. The number of urea groups is 1. The van der Waals surface area contributed by atoms with E-state index in [4.69, 9.17) is 0 Å². The molecule has 2 atom stereocenters. The number of likely N-dealkylation sites (tertiary alicyclic amines) is 2. The van der Waals surface area contributed by atoms with Crippen molar-refractivity contribution in [3.05, 3.63) is 35.6 Å². The van der Waals surface area contributed by atoms with Gasteiger partial charge in [-0.05, 0) is 49.3 Å². The smallest absolute Gasteiger partial charge is 0.317 e. The zero-order chi connectivity index (χ0) is 16.7. The van der Waals surface area contributed by atoms with Crippen molar-refractivity contribution in [2.45, 2.75) is 25.3 Å². The zero-order valence-corrected chi connectivity index (χ0v) is 13.6. The number of rotatable bonds is 2. The lowest BCUT2D eigenvalue weighted by Crippen LogP contribution is -2.57. The minimum atomic E-state index is -0.388. The average molecular weight is 331 g/mol. The summed E-state index contributed by atoms with van der Waals surface area (Å²) < 4.78 is 13.4. The van der Waals surface area contributed by atoms with E-state index in [0.29, 0.717) is 49.6 Å². The molecule has 2 heterocycles. The van der Waals surface area contributed by atoms with Gasteiger partial charge >= 0.3 is 6.03 Å². The van der Waals surface area contributed by atoms with Crippen molar-refractivity contribution in [3.8, 4) is 0 Å². The molecule has 1 N–H and O–H groups in total. The lowest BCUT2D eigenvalue weighted by molar-refractivity contribution is 0.0356. The molecule has 4 rings (SSSR count). The van der Waals surface area contributed by atoms with E-state index < -0.39 is 0 Å². The first-order chi connectivity index (χ1) is 11.6. The Kier molecular flexibility index (Phi) is 3.90. The Balaban J connectivity index is 1.40. The lowest BCUT2D eigenvalue weighted by atomic mass is 9.84. The van der Waals surface area contributed by atoms with Crippen molar-refractivity contribution in [1.29, 1.82) is 0 Å². The standard InChI is InChI=1S/C18H22FN3O2/c19-15-3-1-2-14(7-15)17(23)21-8-12-6-13(9-21)11-22(10-12)18(24)20-16-4-5-16/h1-3,7,12-13,16H,4-6,8-11H2,(H,20,24)/t12-,13+. The minimum absolute atomic E-state index is 0.0390. The van der Waals surface area contributed by atoms with Gasteiger partial charge in [-0.2, -0.15) is 0 Å². The fourth-order valence-corrected chi connectivity index (χ4v) is 3.91. The molecular formula is C18H22FN3O2. The zero-order valence-electron chi connectivity index (χ0n) is 13.6. The number of nitrogens with one attached hydrogen (secondary N) is 1. The molecule has 0 radical (unpaired) electrons. The van der Waals surface area contributed by atoms with E-state index in [1.807, 2.05) is 9.80 Å². The average Bonchev–Trinajstić information content (AvgIpc) is 3.37. The summed E-state index contributed by atoms with van der Waals surface area (Å²) in [5, 5.41) is 3.04. The van der Waals surface area contributed by atoms with Crippen LogP contribution in [0, 0.1) is 17.7 Å². The van der Waals surface area contributed by atoms with Crippen LogP contribution in [0.3, 0.4) is 0 Å². The summed E-state index contributed by atoms with van der Waals surface area (Å²) in [4.78, 5) is 28.6. The number of carbonyl (C=O) groups excluding carboxylic acids is 2.